The lowest BCUT2D eigenvalue weighted by molar-refractivity contribution is -0.105. The number of halogens is 1. The number of hydrogen-bond donors (Lipinski definition) is 1. The van der Waals surface area contributed by atoms with Crippen molar-refractivity contribution in [2.75, 3.05) is 11.6 Å². The maximum absolute atomic E-state index is 13.4. The van der Waals surface area contributed by atoms with Crippen LogP contribution in [-0.4, -0.2) is 27.2 Å². The largest absolute Gasteiger partial charge is 0.328 e. The van der Waals surface area contributed by atoms with Crippen molar-refractivity contribution < 1.29 is 9.18 Å². The van der Waals surface area contributed by atoms with Gasteiger partial charge in [0.15, 0.2) is 5.65 Å². The van der Waals surface area contributed by atoms with Crippen LogP contribution in [0.1, 0.15) is 5.69 Å². The molecule has 2 aromatic carbocycles. The lowest BCUT2D eigenvalue weighted by Crippen LogP contribution is -2.02. The maximum atomic E-state index is 13.4. The van der Waals surface area contributed by atoms with E-state index < -0.39 is 0 Å². The Morgan fingerprint density at radius 1 is 1.07 bits per heavy atom. The number of benzene rings is 2. The third-order valence-electron chi connectivity index (χ3n) is 4.40. The second kappa shape index (κ2) is 7.44. The van der Waals surface area contributed by atoms with E-state index in [9.17, 15) is 9.18 Å². The van der Waals surface area contributed by atoms with E-state index >= 15 is 0 Å². The first-order chi connectivity index (χ1) is 13.6. The molecule has 0 bridgehead atoms. The topological polar surface area (TPSA) is 59.8 Å². The number of amides is 1. The molecule has 4 aromatic rings. The number of nitrogens with one attached hydrogen (secondary N) is 1. The van der Waals surface area contributed by atoms with Crippen molar-refractivity contribution in [3.05, 3.63) is 66.1 Å². The zero-order valence-corrected chi connectivity index (χ0v) is 16.1. The zero-order valence-electron chi connectivity index (χ0n) is 15.3. The van der Waals surface area contributed by atoms with Gasteiger partial charge in [0, 0.05) is 16.2 Å². The Kier molecular flexibility index (Phi) is 4.83. The SMILES string of the molecule is CSc1cc(-n2c(-c3ccc(F)cc3)nc3ccc(C)nc32)ccc1NC=O. The standard InChI is InChI=1S/C21H17FN4OS/c1-13-3-9-18-21(24-13)26(20(25-18)14-4-6-15(22)7-5-14)16-8-10-17(23-12-27)19(11-16)28-2/h3-12H,1-2H3,(H,23,27). The fraction of sp³-hybridized carbons (Fsp3) is 0.0952. The van der Waals surface area contributed by atoms with Gasteiger partial charge in [-0.2, -0.15) is 0 Å². The highest BCUT2D eigenvalue weighted by atomic mass is 32.2. The number of fused-ring (bicyclic) bond motifs is 1. The smallest absolute Gasteiger partial charge is 0.211 e. The molecule has 0 aliphatic rings. The van der Waals surface area contributed by atoms with E-state index in [-0.39, 0.29) is 5.82 Å². The van der Waals surface area contributed by atoms with Crippen molar-refractivity contribution in [3.63, 3.8) is 0 Å². The Labute approximate surface area is 165 Å². The Bertz CT molecular complexity index is 1170. The summed E-state index contributed by atoms with van der Waals surface area (Å²) < 4.78 is 15.4. The molecule has 140 valence electrons. The van der Waals surface area contributed by atoms with E-state index in [1.54, 1.807) is 12.1 Å². The number of carbonyl (C=O) groups excluding carboxylic acids is 1. The molecular formula is C21H17FN4OS. The molecule has 0 spiro atoms. The fourth-order valence-electron chi connectivity index (χ4n) is 3.09. The van der Waals surface area contributed by atoms with Crippen LogP contribution in [0, 0.1) is 12.7 Å². The number of thioether (sulfide) groups is 1. The number of imidazole rings is 1. The number of rotatable bonds is 5. The first kappa shape index (κ1) is 18.2. The summed E-state index contributed by atoms with van der Waals surface area (Å²) in [5.41, 5.74) is 4.75. The number of anilines is 1. The molecule has 0 atom stereocenters. The van der Waals surface area contributed by atoms with Gasteiger partial charge in [-0.25, -0.2) is 14.4 Å². The highest BCUT2D eigenvalue weighted by molar-refractivity contribution is 7.98. The van der Waals surface area contributed by atoms with Crippen LogP contribution in [0.4, 0.5) is 10.1 Å². The molecule has 2 aromatic heterocycles. The number of hydrogen-bond acceptors (Lipinski definition) is 4. The van der Waals surface area contributed by atoms with E-state index in [1.807, 2.05) is 48.1 Å². The average molecular weight is 392 g/mol. The van der Waals surface area contributed by atoms with Crippen LogP contribution in [-0.2, 0) is 4.79 Å². The summed E-state index contributed by atoms with van der Waals surface area (Å²) in [5.74, 6) is 0.380. The summed E-state index contributed by atoms with van der Waals surface area (Å²) in [5, 5.41) is 2.71. The van der Waals surface area contributed by atoms with Gasteiger partial charge in [0.05, 0.1) is 11.4 Å². The number of carbonyl (C=O) groups is 1. The number of aryl methyl sites for hydroxylation is 1. The lowest BCUT2D eigenvalue weighted by atomic mass is 10.2. The molecule has 1 N–H and O–H groups in total. The Balaban J connectivity index is 1.99. The molecular weight excluding hydrogens is 375 g/mol. The van der Waals surface area contributed by atoms with Gasteiger partial charge in [-0.1, -0.05) is 0 Å². The molecule has 2 heterocycles. The average Bonchev–Trinajstić information content (AvgIpc) is 3.07. The van der Waals surface area contributed by atoms with E-state index in [0.717, 1.165) is 38.7 Å². The lowest BCUT2D eigenvalue weighted by Gasteiger charge is -2.13. The van der Waals surface area contributed by atoms with Gasteiger partial charge < -0.3 is 5.32 Å². The van der Waals surface area contributed by atoms with Crippen molar-refractivity contribution in [1.29, 1.82) is 0 Å². The molecule has 0 radical (unpaired) electrons. The van der Waals surface area contributed by atoms with E-state index in [4.69, 9.17) is 4.98 Å². The molecule has 0 saturated heterocycles. The zero-order chi connectivity index (χ0) is 19.7. The normalized spacial score (nSPS) is 11.0. The fourth-order valence-corrected chi connectivity index (χ4v) is 3.68. The van der Waals surface area contributed by atoms with Crippen LogP contribution in [0.25, 0.3) is 28.2 Å². The molecule has 0 saturated carbocycles. The highest BCUT2D eigenvalue weighted by Crippen LogP contribution is 2.32. The molecule has 0 aliphatic carbocycles. The van der Waals surface area contributed by atoms with Crippen LogP contribution in [0.3, 0.4) is 0 Å². The summed E-state index contributed by atoms with van der Waals surface area (Å²) in [6, 6.07) is 15.8. The Hall–Kier alpha value is -3.19. The van der Waals surface area contributed by atoms with Gasteiger partial charge in [-0.15, -0.1) is 11.8 Å². The summed E-state index contributed by atoms with van der Waals surface area (Å²) in [6.07, 6.45) is 2.61. The second-order valence-electron chi connectivity index (χ2n) is 6.22. The highest BCUT2D eigenvalue weighted by Gasteiger charge is 2.17. The van der Waals surface area contributed by atoms with Gasteiger partial charge in [-0.05, 0) is 67.8 Å². The minimum absolute atomic E-state index is 0.297. The summed E-state index contributed by atoms with van der Waals surface area (Å²) >= 11 is 1.53. The third-order valence-corrected chi connectivity index (χ3v) is 5.18. The summed E-state index contributed by atoms with van der Waals surface area (Å²) in [6.45, 7) is 1.93. The van der Waals surface area contributed by atoms with Crippen molar-refractivity contribution >= 4 is 35.0 Å². The Morgan fingerprint density at radius 2 is 1.86 bits per heavy atom. The van der Waals surface area contributed by atoms with Gasteiger partial charge in [0.1, 0.15) is 17.2 Å². The molecule has 4 rings (SSSR count). The molecule has 0 aliphatic heterocycles. The number of nitrogens with zero attached hydrogens (tertiary/aromatic N) is 3. The number of aromatic nitrogens is 3. The van der Waals surface area contributed by atoms with Crippen molar-refractivity contribution in [1.82, 2.24) is 14.5 Å². The molecule has 28 heavy (non-hydrogen) atoms. The predicted molar refractivity (Wildman–Crippen MR) is 110 cm³/mol. The minimum atomic E-state index is -0.297. The van der Waals surface area contributed by atoms with Gasteiger partial charge >= 0.3 is 0 Å². The molecule has 0 fully saturated rings. The second-order valence-corrected chi connectivity index (χ2v) is 7.07. The predicted octanol–water partition coefficient (Wildman–Crippen LogP) is 4.83. The first-order valence-corrected chi connectivity index (χ1v) is 9.84. The molecule has 7 heteroatoms. The van der Waals surface area contributed by atoms with E-state index in [0.29, 0.717) is 12.2 Å². The van der Waals surface area contributed by atoms with Crippen LogP contribution in [0.15, 0.2) is 59.5 Å². The summed E-state index contributed by atoms with van der Waals surface area (Å²) in [4.78, 5) is 21.2. The van der Waals surface area contributed by atoms with E-state index in [1.165, 1.54) is 23.9 Å². The van der Waals surface area contributed by atoms with Crippen LogP contribution < -0.4 is 5.32 Å². The van der Waals surface area contributed by atoms with Crippen LogP contribution in [0.5, 0.6) is 0 Å². The first-order valence-electron chi connectivity index (χ1n) is 8.61. The van der Waals surface area contributed by atoms with Crippen molar-refractivity contribution in [2.45, 2.75) is 11.8 Å². The quantitative estimate of drug-likeness (QED) is 0.391. The van der Waals surface area contributed by atoms with Gasteiger partial charge in [0.25, 0.3) is 0 Å². The minimum Gasteiger partial charge on any atom is -0.328 e. The molecule has 5 nitrogen and oxygen atoms in total. The molecule has 1 amide bonds. The van der Waals surface area contributed by atoms with E-state index in [2.05, 4.69) is 10.3 Å². The monoisotopic (exact) mass is 392 g/mol. The van der Waals surface area contributed by atoms with Crippen LogP contribution in [0.2, 0.25) is 0 Å². The van der Waals surface area contributed by atoms with Crippen molar-refractivity contribution in [3.8, 4) is 17.1 Å². The summed E-state index contributed by atoms with van der Waals surface area (Å²) in [7, 11) is 0. The van der Waals surface area contributed by atoms with Gasteiger partial charge in [-0.3, -0.25) is 9.36 Å². The maximum Gasteiger partial charge on any atom is 0.211 e. The third kappa shape index (κ3) is 3.25. The molecule has 0 unspecified atom stereocenters. The van der Waals surface area contributed by atoms with Gasteiger partial charge in [0.2, 0.25) is 6.41 Å². The van der Waals surface area contributed by atoms with Crippen molar-refractivity contribution in [2.24, 2.45) is 0 Å². The van der Waals surface area contributed by atoms with Crippen LogP contribution >= 0.6 is 11.8 Å². The Morgan fingerprint density at radius 3 is 2.57 bits per heavy atom. The number of pyridine rings is 1.